The maximum atomic E-state index is 13.6. The van der Waals surface area contributed by atoms with Gasteiger partial charge >= 0.3 is 6.61 Å². The van der Waals surface area contributed by atoms with Crippen LogP contribution in [-0.2, 0) is 0 Å². The standard InChI is InChI=1S/C13H11BrF3NOS/c1-7(12-9(14)4-5-20-12)18-8-2-3-11(10(15)6-8)19-13(16)17/h2-7,13,18H,1H3. The van der Waals surface area contributed by atoms with E-state index in [0.29, 0.717) is 5.69 Å². The monoisotopic (exact) mass is 365 g/mol. The normalized spacial score (nSPS) is 12.5. The summed E-state index contributed by atoms with van der Waals surface area (Å²) in [6, 6.07) is 5.71. The van der Waals surface area contributed by atoms with Crippen molar-refractivity contribution in [1.29, 1.82) is 0 Å². The van der Waals surface area contributed by atoms with Crippen LogP contribution in [0.1, 0.15) is 17.8 Å². The number of rotatable bonds is 5. The van der Waals surface area contributed by atoms with Gasteiger partial charge in [-0.2, -0.15) is 8.78 Å². The Hall–Kier alpha value is -1.21. The van der Waals surface area contributed by atoms with Gasteiger partial charge in [-0.25, -0.2) is 4.39 Å². The van der Waals surface area contributed by atoms with Crippen LogP contribution in [-0.4, -0.2) is 6.61 Å². The molecule has 2 aromatic rings. The summed E-state index contributed by atoms with van der Waals surface area (Å²) in [6.45, 7) is -1.11. The lowest BCUT2D eigenvalue weighted by Gasteiger charge is -2.15. The Morgan fingerprint density at radius 3 is 2.60 bits per heavy atom. The van der Waals surface area contributed by atoms with Crippen LogP contribution >= 0.6 is 27.3 Å². The molecular formula is C13H11BrF3NOS. The lowest BCUT2D eigenvalue weighted by Crippen LogP contribution is -2.07. The molecule has 0 aliphatic rings. The number of hydrogen-bond acceptors (Lipinski definition) is 3. The lowest BCUT2D eigenvalue weighted by atomic mass is 10.2. The Labute approximate surface area is 126 Å². The van der Waals surface area contributed by atoms with Crippen LogP contribution in [0.3, 0.4) is 0 Å². The van der Waals surface area contributed by atoms with Crippen LogP contribution in [0.4, 0.5) is 18.9 Å². The zero-order valence-corrected chi connectivity index (χ0v) is 12.8. The molecule has 0 aliphatic heterocycles. The minimum Gasteiger partial charge on any atom is -0.432 e. The van der Waals surface area contributed by atoms with E-state index >= 15 is 0 Å². The second kappa shape index (κ2) is 6.49. The van der Waals surface area contributed by atoms with Crippen LogP contribution in [0.15, 0.2) is 34.1 Å². The molecule has 0 aliphatic carbocycles. The van der Waals surface area contributed by atoms with E-state index in [1.54, 1.807) is 11.3 Å². The number of anilines is 1. The van der Waals surface area contributed by atoms with Gasteiger partial charge in [0.05, 0.1) is 6.04 Å². The highest BCUT2D eigenvalue weighted by Gasteiger charge is 2.13. The van der Waals surface area contributed by atoms with Crippen molar-refractivity contribution in [3.8, 4) is 5.75 Å². The van der Waals surface area contributed by atoms with Crippen molar-refractivity contribution in [3.63, 3.8) is 0 Å². The Bertz CT molecular complexity index is 591. The summed E-state index contributed by atoms with van der Waals surface area (Å²) >= 11 is 4.99. The molecule has 20 heavy (non-hydrogen) atoms. The third kappa shape index (κ3) is 3.67. The molecule has 1 atom stereocenters. The van der Waals surface area contributed by atoms with E-state index in [9.17, 15) is 13.2 Å². The number of nitrogens with one attached hydrogen (secondary N) is 1. The topological polar surface area (TPSA) is 21.3 Å². The largest absolute Gasteiger partial charge is 0.432 e. The van der Waals surface area contributed by atoms with E-state index in [1.165, 1.54) is 12.1 Å². The second-order valence-corrected chi connectivity index (χ2v) is 5.82. The minimum atomic E-state index is -3.04. The molecule has 1 aromatic carbocycles. The maximum Gasteiger partial charge on any atom is 0.387 e. The summed E-state index contributed by atoms with van der Waals surface area (Å²) in [4.78, 5) is 1.07. The number of benzene rings is 1. The summed E-state index contributed by atoms with van der Waals surface area (Å²) < 4.78 is 42.7. The molecule has 0 spiro atoms. The summed E-state index contributed by atoms with van der Waals surface area (Å²) in [5, 5.41) is 5.05. The molecule has 1 N–H and O–H groups in total. The maximum absolute atomic E-state index is 13.6. The molecular weight excluding hydrogens is 355 g/mol. The molecule has 2 rings (SSSR count). The zero-order valence-electron chi connectivity index (χ0n) is 10.4. The highest BCUT2D eigenvalue weighted by atomic mass is 79.9. The molecule has 7 heteroatoms. The Kier molecular flexibility index (Phi) is 4.93. The molecule has 0 saturated heterocycles. The van der Waals surface area contributed by atoms with Gasteiger partial charge in [-0.1, -0.05) is 0 Å². The van der Waals surface area contributed by atoms with Crippen molar-refractivity contribution >= 4 is 33.0 Å². The van der Waals surface area contributed by atoms with Crippen molar-refractivity contribution < 1.29 is 17.9 Å². The third-order valence-electron chi connectivity index (χ3n) is 2.57. The quantitative estimate of drug-likeness (QED) is 0.763. The highest BCUT2D eigenvalue weighted by Crippen LogP contribution is 2.32. The van der Waals surface area contributed by atoms with Crippen LogP contribution in [0.2, 0.25) is 0 Å². The first kappa shape index (κ1) is 15.2. The number of thiophene rings is 1. The summed E-state index contributed by atoms with van der Waals surface area (Å²) in [5.74, 6) is -1.29. The van der Waals surface area contributed by atoms with Crippen LogP contribution in [0.25, 0.3) is 0 Å². The van der Waals surface area contributed by atoms with Gasteiger partial charge in [0.2, 0.25) is 0 Å². The molecule has 0 saturated carbocycles. The van der Waals surface area contributed by atoms with E-state index < -0.39 is 18.2 Å². The molecule has 108 valence electrons. The minimum absolute atomic E-state index is 0.0364. The van der Waals surface area contributed by atoms with Crippen LogP contribution in [0.5, 0.6) is 5.75 Å². The zero-order chi connectivity index (χ0) is 14.7. The first-order valence-electron chi connectivity index (χ1n) is 5.71. The molecule has 1 heterocycles. The van der Waals surface area contributed by atoms with Gasteiger partial charge in [0.15, 0.2) is 11.6 Å². The lowest BCUT2D eigenvalue weighted by molar-refractivity contribution is -0.0521. The molecule has 1 unspecified atom stereocenters. The van der Waals surface area contributed by atoms with Gasteiger partial charge in [0.25, 0.3) is 0 Å². The Balaban J connectivity index is 2.11. The third-order valence-corrected chi connectivity index (χ3v) is 4.62. The van der Waals surface area contributed by atoms with Crippen LogP contribution in [0, 0.1) is 5.82 Å². The van der Waals surface area contributed by atoms with Gasteiger partial charge in [0, 0.05) is 21.1 Å². The predicted molar refractivity (Wildman–Crippen MR) is 77.1 cm³/mol. The Morgan fingerprint density at radius 2 is 2.05 bits per heavy atom. The summed E-state index contributed by atoms with van der Waals surface area (Å²) in [7, 11) is 0. The predicted octanol–water partition coefficient (Wildman–Crippen LogP) is 5.42. The molecule has 0 radical (unpaired) electrons. The van der Waals surface area contributed by atoms with E-state index in [1.807, 2.05) is 18.4 Å². The van der Waals surface area contributed by atoms with Crippen molar-refractivity contribution in [2.24, 2.45) is 0 Å². The SMILES string of the molecule is CC(Nc1ccc(OC(F)F)c(F)c1)c1sccc1Br. The second-order valence-electron chi connectivity index (χ2n) is 4.02. The fraction of sp³-hybridized carbons (Fsp3) is 0.231. The number of halogens is 4. The van der Waals surface area contributed by atoms with Crippen LogP contribution < -0.4 is 10.1 Å². The first-order valence-corrected chi connectivity index (χ1v) is 7.38. The number of alkyl halides is 2. The van der Waals surface area contributed by atoms with E-state index in [4.69, 9.17) is 0 Å². The van der Waals surface area contributed by atoms with E-state index in [-0.39, 0.29) is 6.04 Å². The van der Waals surface area contributed by atoms with E-state index in [0.717, 1.165) is 15.4 Å². The van der Waals surface area contributed by atoms with Crippen molar-refractivity contribution in [1.82, 2.24) is 0 Å². The summed E-state index contributed by atoms with van der Waals surface area (Å²) in [6.07, 6.45) is 0. The first-order chi connectivity index (χ1) is 9.47. The molecule has 1 aromatic heterocycles. The summed E-state index contributed by atoms with van der Waals surface area (Å²) in [5.41, 5.74) is 0.497. The molecule has 2 nitrogen and oxygen atoms in total. The van der Waals surface area contributed by atoms with Gasteiger partial charge in [-0.05, 0) is 46.4 Å². The fourth-order valence-electron chi connectivity index (χ4n) is 1.71. The van der Waals surface area contributed by atoms with Crippen molar-refractivity contribution in [2.45, 2.75) is 19.6 Å². The molecule has 0 amide bonds. The van der Waals surface area contributed by atoms with Gasteiger partial charge in [-0.15, -0.1) is 11.3 Å². The molecule has 0 fully saturated rings. The van der Waals surface area contributed by atoms with Gasteiger partial charge < -0.3 is 10.1 Å². The van der Waals surface area contributed by atoms with Crippen molar-refractivity contribution in [2.75, 3.05) is 5.32 Å². The van der Waals surface area contributed by atoms with Gasteiger partial charge in [-0.3, -0.25) is 0 Å². The number of ether oxygens (including phenoxy) is 1. The van der Waals surface area contributed by atoms with Gasteiger partial charge in [0.1, 0.15) is 0 Å². The van der Waals surface area contributed by atoms with Crippen molar-refractivity contribution in [3.05, 3.63) is 44.8 Å². The average molecular weight is 366 g/mol. The highest BCUT2D eigenvalue weighted by molar-refractivity contribution is 9.10. The average Bonchev–Trinajstić information content (AvgIpc) is 2.78. The fourth-order valence-corrected chi connectivity index (χ4v) is 3.44. The van der Waals surface area contributed by atoms with E-state index in [2.05, 4.69) is 26.0 Å². The Morgan fingerprint density at radius 1 is 1.30 bits per heavy atom. The number of hydrogen-bond donors (Lipinski definition) is 1. The smallest absolute Gasteiger partial charge is 0.387 e. The molecule has 0 bridgehead atoms.